The second kappa shape index (κ2) is 4.33. The van der Waals surface area contributed by atoms with Gasteiger partial charge in [-0.2, -0.15) is 0 Å². The van der Waals surface area contributed by atoms with Crippen LogP contribution in [0.15, 0.2) is 12.3 Å². The molecule has 0 aliphatic carbocycles. The van der Waals surface area contributed by atoms with E-state index >= 15 is 0 Å². The molecule has 15 heavy (non-hydrogen) atoms. The van der Waals surface area contributed by atoms with E-state index in [1.807, 2.05) is 18.7 Å². The van der Waals surface area contributed by atoms with Crippen LogP contribution in [-0.2, 0) is 14.3 Å². The molecule has 1 amide bonds. The molecule has 84 valence electrons. The minimum absolute atomic E-state index is 0.0386. The summed E-state index contributed by atoms with van der Waals surface area (Å²) in [6.07, 6.45) is 2.92. The fraction of sp³-hybridized carbons (Fsp3) is 0.600. The van der Waals surface area contributed by atoms with Gasteiger partial charge in [0.2, 0.25) is 5.91 Å². The predicted octanol–water partition coefficient (Wildman–Crippen LogP) is -0.117. The molecule has 1 aliphatic heterocycles. The van der Waals surface area contributed by atoms with Crippen LogP contribution in [0.2, 0.25) is 0 Å². The maximum absolute atomic E-state index is 11.5. The normalized spacial score (nSPS) is 20.2. The maximum atomic E-state index is 11.5. The Morgan fingerprint density at radius 2 is 2.27 bits per heavy atom. The first-order valence-corrected chi connectivity index (χ1v) is 4.79. The summed E-state index contributed by atoms with van der Waals surface area (Å²) < 4.78 is 4.48. The van der Waals surface area contributed by atoms with Crippen LogP contribution < -0.4 is 5.32 Å². The lowest BCUT2D eigenvalue weighted by Crippen LogP contribution is -2.59. The van der Waals surface area contributed by atoms with Gasteiger partial charge in [-0.05, 0) is 13.8 Å². The molecule has 0 aromatic heterocycles. The maximum Gasteiger partial charge on any atom is 0.331 e. The first-order valence-electron chi connectivity index (χ1n) is 4.79. The Hall–Kier alpha value is -1.52. The largest absolute Gasteiger partial charge is 0.466 e. The lowest BCUT2D eigenvalue weighted by Gasteiger charge is -2.40. The highest BCUT2D eigenvalue weighted by Crippen LogP contribution is 2.17. The number of esters is 1. The van der Waals surface area contributed by atoms with Gasteiger partial charge in [-0.15, -0.1) is 0 Å². The molecule has 1 fully saturated rings. The smallest absolute Gasteiger partial charge is 0.331 e. The van der Waals surface area contributed by atoms with E-state index in [1.165, 1.54) is 13.2 Å². The van der Waals surface area contributed by atoms with Gasteiger partial charge in [0, 0.05) is 25.4 Å². The number of rotatable bonds is 2. The highest BCUT2D eigenvalue weighted by atomic mass is 16.5. The van der Waals surface area contributed by atoms with Gasteiger partial charge >= 0.3 is 5.97 Å². The number of hydrogen-bond acceptors (Lipinski definition) is 4. The minimum Gasteiger partial charge on any atom is -0.466 e. The Morgan fingerprint density at radius 1 is 1.60 bits per heavy atom. The molecule has 0 radical (unpaired) electrons. The number of hydrogen-bond donors (Lipinski definition) is 1. The molecular weight excluding hydrogens is 196 g/mol. The van der Waals surface area contributed by atoms with Crippen molar-refractivity contribution in [1.82, 2.24) is 10.2 Å². The highest BCUT2D eigenvalue weighted by molar-refractivity contribution is 5.86. The monoisotopic (exact) mass is 212 g/mol. The summed E-state index contributed by atoms with van der Waals surface area (Å²) in [4.78, 5) is 24.3. The van der Waals surface area contributed by atoms with Gasteiger partial charge in [0.25, 0.3) is 0 Å². The fourth-order valence-corrected chi connectivity index (χ4v) is 1.40. The molecule has 5 heteroatoms. The van der Waals surface area contributed by atoms with E-state index in [9.17, 15) is 9.59 Å². The van der Waals surface area contributed by atoms with Gasteiger partial charge in [0.1, 0.15) is 5.54 Å². The van der Waals surface area contributed by atoms with Crippen LogP contribution >= 0.6 is 0 Å². The van der Waals surface area contributed by atoms with Crippen molar-refractivity contribution < 1.29 is 14.3 Å². The van der Waals surface area contributed by atoms with Crippen molar-refractivity contribution in [1.29, 1.82) is 0 Å². The van der Waals surface area contributed by atoms with E-state index in [-0.39, 0.29) is 5.91 Å². The number of carbonyl (C=O) groups excluding carboxylic acids is 2. The van der Waals surface area contributed by atoms with Crippen LogP contribution in [0.25, 0.3) is 0 Å². The van der Waals surface area contributed by atoms with Crippen LogP contribution in [0.4, 0.5) is 0 Å². The fourth-order valence-electron chi connectivity index (χ4n) is 1.40. The van der Waals surface area contributed by atoms with Crippen molar-refractivity contribution in [2.75, 3.05) is 20.2 Å². The van der Waals surface area contributed by atoms with E-state index in [0.717, 1.165) is 0 Å². The molecule has 1 heterocycles. The molecule has 0 saturated carbocycles. The lowest BCUT2D eigenvalue weighted by atomic mass is 10.00. The standard InChI is InChI=1S/C10H16N2O3/c1-10(2)9(14)11-5-7-12(10)6-4-8(13)15-3/h4,6H,5,7H2,1-3H3,(H,11,14). The Bertz CT molecular complexity index is 297. The van der Waals surface area contributed by atoms with Crippen molar-refractivity contribution >= 4 is 11.9 Å². The van der Waals surface area contributed by atoms with E-state index in [0.29, 0.717) is 13.1 Å². The molecule has 0 unspecified atom stereocenters. The second-order valence-electron chi connectivity index (χ2n) is 3.85. The van der Waals surface area contributed by atoms with Crippen molar-refractivity contribution in [2.24, 2.45) is 0 Å². The molecule has 0 atom stereocenters. The van der Waals surface area contributed by atoms with Gasteiger partial charge in [0.15, 0.2) is 0 Å². The molecule has 0 spiro atoms. The van der Waals surface area contributed by atoms with Gasteiger partial charge in [-0.25, -0.2) is 4.79 Å². The minimum atomic E-state index is -0.622. The first kappa shape index (κ1) is 11.6. The van der Waals surface area contributed by atoms with Crippen molar-refractivity contribution in [3.63, 3.8) is 0 Å². The Morgan fingerprint density at radius 3 is 2.87 bits per heavy atom. The summed E-state index contributed by atoms with van der Waals surface area (Å²) in [6, 6.07) is 0. The van der Waals surface area contributed by atoms with Crippen LogP contribution in [0.1, 0.15) is 13.8 Å². The van der Waals surface area contributed by atoms with Gasteiger partial charge in [0.05, 0.1) is 7.11 Å². The molecule has 0 aromatic carbocycles. The summed E-state index contributed by atoms with van der Waals surface area (Å²) in [7, 11) is 1.32. The predicted molar refractivity (Wildman–Crippen MR) is 55.0 cm³/mol. The molecule has 5 nitrogen and oxygen atoms in total. The Kier molecular flexibility index (Phi) is 3.34. The number of nitrogens with zero attached hydrogens (tertiary/aromatic N) is 1. The molecule has 0 aromatic rings. The average Bonchev–Trinajstić information content (AvgIpc) is 2.20. The van der Waals surface area contributed by atoms with Crippen LogP contribution in [0, 0.1) is 0 Å². The highest BCUT2D eigenvalue weighted by Gasteiger charge is 2.35. The number of piperazine rings is 1. The first-order chi connectivity index (χ1) is 6.98. The van der Waals surface area contributed by atoms with E-state index in [4.69, 9.17) is 0 Å². The van der Waals surface area contributed by atoms with Crippen molar-refractivity contribution in [3.05, 3.63) is 12.3 Å². The van der Waals surface area contributed by atoms with Crippen molar-refractivity contribution in [2.45, 2.75) is 19.4 Å². The third kappa shape index (κ3) is 2.49. The molecule has 1 N–H and O–H groups in total. The van der Waals surface area contributed by atoms with E-state index in [2.05, 4.69) is 10.1 Å². The van der Waals surface area contributed by atoms with Crippen LogP contribution in [0.5, 0.6) is 0 Å². The Balaban J connectivity index is 2.72. The zero-order valence-electron chi connectivity index (χ0n) is 9.24. The molecular formula is C10H16N2O3. The van der Waals surface area contributed by atoms with Crippen LogP contribution in [-0.4, -0.2) is 42.5 Å². The van der Waals surface area contributed by atoms with Gasteiger partial charge in [-0.3, -0.25) is 4.79 Å². The molecule has 1 aliphatic rings. The quantitative estimate of drug-likeness (QED) is 0.512. The SMILES string of the molecule is COC(=O)C=CN1CCNC(=O)C1(C)C. The zero-order chi connectivity index (χ0) is 11.5. The topological polar surface area (TPSA) is 58.6 Å². The van der Waals surface area contributed by atoms with Crippen LogP contribution in [0.3, 0.4) is 0 Å². The van der Waals surface area contributed by atoms with Crippen molar-refractivity contribution in [3.8, 4) is 0 Å². The second-order valence-corrected chi connectivity index (χ2v) is 3.85. The summed E-state index contributed by atoms with van der Waals surface area (Å²) in [6.45, 7) is 4.90. The third-order valence-corrected chi connectivity index (χ3v) is 2.50. The van der Waals surface area contributed by atoms with Gasteiger partial charge < -0.3 is 15.0 Å². The summed E-state index contributed by atoms with van der Waals surface area (Å²) in [5.41, 5.74) is -0.622. The summed E-state index contributed by atoms with van der Waals surface area (Å²) >= 11 is 0. The summed E-state index contributed by atoms with van der Waals surface area (Å²) in [5, 5.41) is 2.77. The molecule has 1 rings (SSSR count). The average molecular weight is 212 g/mol. The Labute approximate surface area is 89.1 Å². The third-order valence-electron chi connectivity index (χ3n) is 2.50. The number of ether oxygens (including phenoxy) is 1. The van der Waals surface area contributed by atoms with E-state index < -0.39 is 11.5 Å². The van der Waals surface area contributed by atoms with E-state index in [1.54, 1.807) is 6.20 Å². The number of amides is 1. The van der Waals surface area contributed by atoms with Gasteiger partial charge in [-0.1, -0.05) is 0 Å². The lowest BCUT2D eigenvalue weighted by molar-refractivity contribution is -0.136. The molecule has 1 saturated heterocycles. The summed E-state index contributed by atoms with van der Waals surface area (Å²) in [5.74, 6) is -0.458. The number of nitrogens with one attached hydrogen (secondary N) is 1. The number of methoxy groups -OCH3 is 1. The zero-order valence-corrected chi connectivity index (χ0v) is 9.24. The number of carbonyl (C=O) groups is 2. The molecule has 0 bridgehead atoms.